The van der Waals surface area contributed by atoms with Crippen molar-refractivity contribution in [2.24, 2.45) is 10.8 Å². The first-order chi connectivity index (χ1) is 20.8. The number of ketones is 2. The fourth-order valence-electron chi connectivity index (χ4n) is 3.59. The molecule has 5 N–H and O–H groups in total. The van der Waals surface area contributed by atoms with E-state index in [9.17, 15) is 14.7 Å². The molecule has 0 saturated heterocycles. The number of methoxy groups -OCH3 is 2. The Hall–Kier alpha value is -4.32. The molecule has 0 fully saturated rings. The van der Waals surface area contributed by atoms with Gasteiger partial charge in [-0.15, -0.1) is 0 Å². The van der Waals surface area contributed by atoms with Crippen LogP contribution in [0, 0.1) is 5.53 Å². The maximum absolute atomic E-state index is 12.4. The predicted molar refractivity (Wildman–Crippen MR) is 170 cm³/mol. The molecular formula is C33H44N4O7. The first-order valence-electron chi connectivity index (χ1n) is 14.1. The van der Waals surface area contributed by atoms with Crippen LogP contribution >= 0.6 is 0 Å². The summed E-state index contributed by atoms with van der Waals surface area (Å²) in [6.45, 7) is 9.30. The zero-order chi connectivity index (χ0) is 32.8. The molecule has 0 aliphatic rings. The molecule has 2 aromatic rings. The molecule has 238 valence electrons. The molecule has 2 rings (SSSR count). The second-order valence-corrected chi connectivity index (χ2v) is 11.2. The Labute approximate surface area is 259 Å². The number of rotatable bonds is 19. The van der Waals surface area contributed by atoms with Crippen LogP contribution in [0.4, 0.5) is 0 Å². The summed E-state index contributed by atoms with van der Waals surface area (Å²) < 4.78 is 22.2. The summed E-state index contributed by atoms with van der Waals surface area (Å²) in [6.07, 6.45) is 7.27. The van der Waals surface area contributed by atoms with E-state index in [4.69, 9.17) is 30.2 Å². The highest BCUT2D eigenvalue weighted by Gasteiger charge is 2.23. The van der Waals surface area contributed by atoms with Crippen LogP contribution in [0.15, 0.2) is 65.4 Å². The van der Waals surface area contributed by atoms with Gasteiger partial charge in [0, 0.05) is 18.6 Å². The fourth-order valence-corrected chi connectivity index (χ4v) is 3.59. The Balaban J connectivity index is 1.92. The van der Waals surface area contributed by atoms with E-state index in [-0.39, 0.29) is 41.6 Å². The molecular weight excluding hydrogens is 564 g/mol. The first-order valence-corrected chi connectivity index (χ1v) is 14.1. The number of nitrogens with one attached hydrogen (secondary N) is 2. The number of nitrogens with zero attached hydrogens (tertiary/aromatic N) is 1. The van der Waals surface area contributed by atoms with Gasteiger partial charge in [-0.2, -0.15) is 5.11 Å². The number of nitrogens with two attached hydrogens (primary N) is 1. The topological polar surface area (TPSA) is 166 Å². The van der Waals surface area contributed by atoms with Gasteiger partial charge in [-0.25, -0.2) is 5.53 Å². The van der Waals surface area contributed by atoms with Crippen molar-refractivity contribution in [2.45, 2.75) is 45.3 Å². The predicted octanol–water partition coefficient (Wildman–Crippen LogP) is 5.08. The van der Waals surface area contributed by atoms with Crippen LogP contribution < -0.4 is 25.3 Å². The van der Waals surface area contributed by atoms with Crippen LogP contribution in [-0.4, -0.2) is 68.3 Å². The van der Waals surface area contributed by atoms with Crippen molar-refractivity contribution < 1.29 is 33.6 Å². The Kier molecular flexibility index (Phi) is 13.9. The SMILES string of the molecule is COc1cc(/C=C/C(=O)CC(=O)/C=C/c2ccc(OC/C(=C/CNC(C)(C)COC(C)(C)CN)N=N)c(OC)c2)ccc1O. The van der Waals surface area contributed by atoms with Crippen LogP contribution in [0.1, 0.15) is 45.2 Å². The van der Waals surface area contributed by atoms with Gasteiger partial charge in [0.1, 0.15) is 6.61 Å². The molecule has 44 heavy (non-hydrogen) atoms. The highest BCUT2D eigenvalue weighted by Crippen LogP contribution is 2.29. The number of benzene rings is 2. The lowest BCUT2D eigenvalue weighted by molar-refractivity contribution is -0.121. The van der Waals surface area contributed by atoms with Crippen LogP contribution in [0.3, 0.4) is 0 Å². The Morgan fingerprint density at radius 2 is 1.55 bits per heavy atom. The molecule has 0 atom stereocenters. The van der Waals surface area contributed by atoms with Gasteiger partial charge < -0.3 is 35.1 Å². The van der Waals surface area contributed by atoms with Crippen molar-refractivity contribution in [3.8, 4) is 23.0 Å². The van der Waals surface area contributed by atoms with E-state index < -0.39 is 5.60 Å². The van der Waals surface area contributed by atoms with Gasteiger partial charge in [0.2, 0.25) is 0 Å². The number of ether oxygens (including phenoxy) is 4. The van der Waals surface area contributed by atoms with Gasteiger partial charge in [0.05, 0.1) is 38.5 Å². The standard InChI is InChI=1S/C33H44N4O7/c1-32(2,22-44-33(3,4)21-34)36-16-15-25(37-35)20-43-29-14-10-24(18-31(29)42-6)8-12-27(39)19-26(38)11-7-23-9-13-28(40)30(17-23)41-5/h7-15,17-18,35-36,40H,16,19-22,34H2,1-6H3/b11-7+,12-8+,25-15-,37-35?. The largest absolute Gasteiger partial charge is 0.504 e. The molecule has 0 saturated carbocycles. The van der Waals surface area contributed by atoms with Crippen LogP contribution in [-0.2, 0) is 14.3 Å². The maximum Gasteiger partial charge on any atom is 0.163 e. The van der Waals surface area contributed by atoms with Gasteiger partial charge in [0.15, 0.2) is 34.6 Å². The molecule has 0 radical (unpaired) electrons. The number of hydrogen-bond acceptors (Lipinski definition) is 11. The van der Waals surface area contributed by atoms with E-state index in [0.717, 1.165) is 0 Å². The van der Waals surface area contributed by atoms with Crippen molar-refractivity contribution in [1.82, 2.24) is 5.32 Å². The second-order valence-electron chi connectivity index (χ2n) is 11.2. The molecule has 11 nitrogen and oxygen atoms in total. The van der Waals surface area contributed by atoms with Crippen LogP contribution in [0.25, 0.3) is 12.2 Å². The maximum atomic E-state index is 12.4. The molecule has 0 aliphatic heterocycles. The van der Waals surface area contributed by atoms with E-state index in [0.29, 0.717) is 48.0 Å². The Morgan fingerprint density at radius 1 is 0.955 bits per heavy atom. The van der Waals surface area contributed by atoms with Gasteiger partial charge in [0.25, 0.3) is 0 Å². The second kappa shape index (κ2) is 17.1. The normalized spacial score (nSPS) is 12.5. The number of carbonyl (C=O) groups is 2. The third-order valence-electron chi connectivity index (χ3n) is 6.42. The van der Waals surface area contributed by atoms with Crippen molar-refractivity contribution in [2.75, 3.05) is 40.5 Å². The van der Waals surface area contributed by atoms with Crippen LogP contribution in [0.2, 0.25) is 0 Å². The number of aromatic hydroxyl groups is 1. The lowest BCUT2D eigenvalue weighted by Gasteiger charge is -2.31. The molecule has 0 unspecified atom stereocenters. The molecule has 11 heteroatoms. The van der Waals surface area contributed by atoms with Gasteiger partial charge in [-0.1, -0.05) is 24.3 Å². The molecule has 0 heterocycles. The van der Waals surface area contributed by atoms with Crippen molar-refractivity contribution in [1.29, 1.82) is 5.53 Å². The van der Waals surface area contributed by atoms with Gasteiger partial charge >= 0.3 is 0 Å². The number of phenolic OH excluding ortho intramolecular Hbond substituents is 1. The van der Waals surface area contributed by atoms with E-state index in [1.54, 1.807) is 48.6 Å². The van der Waals surface area contributed by atoms with Crippen molar-refractivity contribution in [3.63, 3.8) is 0 Å². The lowest BCUT2D eigenvalue weighted by Crippen LogP contribution is -2.47. The number of hydrogen-bond donors (Lipinski definition) is 4. The van der Waals surface area contributed by atoms with E-state index >= 15 is 0 Å². The third kappa shape index (κ3) is 12.5. The highest BCUT2D eigenvalue weighted by molar-refractivity contribution is 6.10. The minimum Gasteiger partial charge on any atom is -0.504 e. The lowest BCUT2D eigenvalue weighted by atomic mass is 10.1. The molecule has 0 aliphatic carbocycles. The number of phenols is 1. The molecule has 0 amide bonds. The third-order valence-corrected chi connectivity index (χ3v) is 6.42. The minimum absolute atomic E-state index is 0.00400. The summed E-state index contributed by atoms with van der Waals surface area (Å²) >= 11 is 0. The average molecular weight is 609 g/mol. The molecule has 0 aromatic heterocycles. The van der Waals surface area contributed by atoms with Crippen LogP contribution in [0.5, 0.6) is 23.0 Å². The number of carbonyl (C=O) groups excluding carboxylic acids is 2. The quantitative estimate of drug-likeness (QED) is 0.0966. The smallest absolute Gasteiger partial charge is 0.163 e. The Bertz CT molecular complexity index is 1380. The number of allylic oxidation sites excluding steroid dienone is 2. The minimum atomic E-state index is -0.410. The van der Waals surface area contributed by atoms with Crippen molar-refractivity contribution in [3.05, 3.63) is 71.5 Å². The average Bonchev–Trinajstić information content (AvgIpc) is 3.00. The molecule has 0 bridgehead atoms. The summed E-state index contributed by atoms with van der Waals surface area (Å²) in [6, 6.07) is 9.82. The summed E-state index contributed by atoms with van der Waals surface area (Å²) in [5.74, 6) is 0.444. The van der Waals surface area contributed by atoms with E-state index in [2.05, 4.69) is 10.4 Å². The summed E-state index contributed by atoms with van der Waals surface area (Å²) in [7, 11) is 2.94. The van der Waals surface area contributed by atoms with Gasteiger partial charge in [-0.3, -0.25) is 9.59 Å². The van der Waals surface area contributed by atoms with Crippen molar-refractivity contribution >= 4 is 23.7 Å². The monoisotopic (exact) mass is 608 g/mol. The summed E-state index contributed by atoms with van der Waals surface area (Å²) in [5.41, 5.74) is 14.3. The fraction of sp³-hybridized carbons (Fsp3) is 0.394. The van der Waals surface area contributed by atoms with E-state index in [1.165, 1.54) is 32.4 Å². The molecule has 2 aromatic carbocycles. The summed E-state index contributed by atoms with van der Waals surface area (Å²) in [5, 5.41) is 16.6. The zero-order valence-electron chi connectivity index (χ0n) is 26.3. The van der Waals surface area contributed by atoms with E-state index in [1.807, 2.05) is 27.7 Å². The molecule has 0 spiro atoms. The summed E-state index contributed by atoms with van der Waals surface area (Å²) in [4.78, 5) is 24.6. The Morgan fingerprint density at radius 3 is 2.11 bits per heavy atom. The first kappa shape index (κ1) is 35.9. The highest BCUT2D eigenvalue weighted by atomic mass is 16.5. The van der Waals surface area contributed by atoms with Gasteiger partial charge in [-0.05, 0) is 81.3 Å². The zero-order valence-corrected chi connectivity index (χ0v) is 26.3.